The number of aromatic nitrogens is 2. The summed E-state index contributed by atoms with van der Waals surface area (Å²) in [6.45, 7) is 0.519. The zero-order valence-corrected chi connectivity index (χ0v) is 16.2. The first-order valence-corrected chi connectivity index (χ1v) is 9.22. The smallest absolute Gasteiger partial charge is 0.326 e. The van der Waals surface area contributed by atoms with Crippen LogP contribution in [0.5, 0.6) is 0 Å². The minimum atomic E-state index is -1.45. The van der Waals surface area contributed by atoms with Gasteiger partial charge in [-0.1, -0.05) is 6.42 Å². The van der Waals surface area contributed by atoms with Gasteiger partial charge in [0.25, 0.3) is 0 Å². The van der Waals surface area contributed by atoms with Crippen molar-refractivity contribution in [1.29, 1.82) is 0 Å². The number of carbonyl (C=O) groups is 4. The second-order valence-corrected chi connectivity index (χ2v) is 6.53. The summed E-state index contributed by atoms with van der Waals surface area (Å²) >= 11 is 0. The van der Waals surface area contributed by atoms with E-state index in [1.54, 1.807) is 0 Å². The van der Waals surface area contributed by atoms with Crippen LogP contribution in [0.3, 0.4) is 0 Å². The molecule has 0 aliphatic rings. The van der Waals surface area contributed by atoms with Gasteiger partial charge in [0, 0.05) is 6.42 Å². The third kappa shape index (κ3) is 8.83. The lowest BCUT2D eigenvalue weighted by Gasteiger charge is -2.18. The van der Waals surface area contributed by atoms with E-state index >= 15 is 0 Å². The number of amides is 3. The predicted molar refractivity (Wildman–Crippen MR) is 101 cm³/mol. The number of hydrogen-bond donors (Lipinski definition) is 7. The highest BCUT2D eigenvalue weighted by molar-refractivity contribution is 5.83. The molecule has 0 radical (unpaired) electrons. The van der Waals surface area contributed by atoms with Crippen molar-refractivity contribution in [3.05, 3.63) is 11.8 Å². The maximum Gasteiger partial charge on any atom is 0.326 e. The normalized spacial score (nSPS) is 13.8. The Balaban J connectivity index is 2.82. The first-order chi connectivity index (χ1) is 14.1. The Kier molecular flexibility index (Phi) is 10.2. The maximum atomic E-state index is 12.2. The zero-order valence-electron chi connectivity index (χ0n) is 16.2. The highest BCUT2D eigenvalue weighted by atomic mass is 16.4. The van der Waals surface area contributed by atoms with Gasteiger partial charge in [-0.05, 0) is 25.8 Å². The second-order valence-electron chi connectivity index (χ2n) is 6.53. The molecule has 1 aromatic heterocycles. The number of nitrogens with one attached hydrogen (secondary N) is 2. The minimum absolute atomic E-state index is 0.101. The van der Waals surface area contributed by atoms with E-state index in [1.807, 2.05) is 0 Å². The Morgan fingerprint density at radius 3 is 2.27 bits per heavy atom. The summed E-state index contributed by atoms with van der Waals surface area (Å²) in [7, 11) is 0. The van der Waals surface area contributed by atoms with Crippen molar-refractivity contribution in [3.8, 4) is 0 Å². The molecule has 1 rings (SSSR count). The summed E-state index contributed by atoms with van der Waals surface area (Å²) in [5.41, 5.74) is 16.6. The van der Waals surface area contributed by atoms with E-state index in [0.29, 0.717) is 13.0 Å². The number of rotatable bonds is 14. The number of urea groups is 1. The zero-order chi connectivity index (χ0) is 22.7. The molecule has 0 spiro atoms. The summed E-state index contributed by atoms with van der Waals surface area (Å²) < 4.78 is 5.45. The number of hydrogen-bond acceptors (Lipinski definition) is 9. The number of carboxylic acid groups (broad SMARTS) is 2. The van der Waals surface area contributed by atoms with Gasteiger partial charge in [0.15, 0.2) is 0 Å². The van der Waals surface area contributed by atoms with E-state index in [4.69, 9.17) is 31.8 Å². The van der Waals surface area contributed by atoms with Gasteiger partial charge in [0.05, 0.1) is 12.5 Å². The van der Waals surface area contributed by atoms with Crippen molar-refractivity contribution >= 4 is 23.9 Å². The highest BCUT2D eigenvalue weighted by Gasteiger charge is 2.27. The second kappa shape index (κ2) is 12.3. The summed E-state index contributed by atoms with van der Waals surface area (Å²) in [5.74, 6) is -3.44. The first kappa shape index (κ1) is 24.8. The average Bonchev–Trinajstić information content (AvgIpc) is 3.14. The van der Waals surface area contributed by atoms with E-state index in [1.165, 1.54) is 0 Å². The third-order valence-corrected chi connectivity index (χ3v) is 4.00. The van der Waals surface area contributed by atoms with Gasteiger partial charge in [-0.15, -0.1) is 10.2 Å². The summed E-state index contributed by atoms with van der Waals surface area (Å²) in [6, 6.07) is -4.13. The molecule has 0 unspecified atom stereocenters. The lowest BCUT2D eigenvalue weighted by atomic mass is 10.1. The Labute approximate surface area is 171 Å². The van der Waals surface area contributed by atoms with Crippen LogP contribution in [0.2, 0.25) is 0 Å². The SMILES string of the molecule is NCCCC[C@H](N)c1nnc([C@H](CC(N)=O)NC(=O)N[C@@H](CCC(=O)O)C(=O)O)o1. The van der Waals surface area contributed by atoms with E-state index < -0.39 is 54.8 Å². The fraction of sp³-hybridized carbons (Fsp3) is 0.625. The lowest BCUT2D eigenvalue weighted by molar-refractivity contribution is -0.140. The molecule has 14 nitrogen and oxygen atoms in total. The molecule has 10 N–H and O–H groups in total. The third-order valence-electron chi connectivity index (χ3n) is 4.00. The van der Waals surface area contributed by atoms with Crippen LogP contribution in [0.15, 0.2) is 4.42 Å². The van der Waals surface area contributed by atoms with Crippen molar-refractivity contribution in [2.24, 2.45) is 17.2 Å². The number of aliphatic carboxylic acids is 2. The van der Waals surface area contributed by atoms with Crippen LogP contribution < -0.4 is 27.8 Å². The lowest BCUT2D eigenvalue weighted by Crippen LogP contribution is -2.47. The van der Waals surface area contributed by atoms with Crippen LogP contribution in [0.4, 0.5) is 4.79 Å². The maximum absolute atomic E-state index is 12.2. The summed E-state index contributed by atoms with van der Waals surface area (Å²) in [5, 5.41) is 29.8. The van der Waals surface area contributed by atoms with Gasteiger partial charge < -0.3 is 42.5 Å². The number of primary amides is 1. The molecule has 0 bridgehead atoms. The van der Waals surface area contributed by atoms with Crippen LogP contribution in [-0.2, 0) is 14.4 Å². The summed E-state index contributed by atoms with van der Waals surface area (Å²) in [4.78, 5) is 45.3. The molecule has 1 heterocycles. The van der Waals surface area contributed by atoms with Crippen molar-refractivity contribution in [2.45, 2.75) is 56.7 Å². The van der Waals surface area contributed by atoms with E-state index in [0.717, 1.165) is 12.8 Å². The predicted octanol–water partition coefficient (Wildman–Crippen LogP) is -1.27. The Morgan fingerprint density at radius 1 is 1.03 bits per heavy atom. The molecular weight excluding hydrogens is 402 g/mol. The summed E-state index contributed by atoms with van der Waals surface area (Å²) in [6.07, 6.45) is 0.862. The van der Waals surface area contributed by atoms with Crippen molar-refractivity contribution < 1.29 is 33.8 Å². The molecule has 0 aliphatic heterocycles. The Hall–Kier alpha value is -3.26. The van der Waals surface area contributed by atoms with Crippen LogP contribution >= 0.6 is 0 Å². The van der Waals surface area contributed by atoms with E-state index in [2.05, 4.69) is 20.8 Å². The van der Waals surface area contributed by atoms with Crippen LogP contribution in [0.1, 0.15) is 62.4 Å². The van der Waals surface area contributed by atoms with E-state index in [9.17, 15) is 19.2 Å². The molecule has 1 aromatic rings. The molecule has 0 saturated carbocycles. The topological polar surface area (TPSA) is 250 Å². The first-order valence-electron chi connectivity index (χ1n) is 9.22. The number of carbonyl (C=O) groups excluding carboxylic acids is 2. The molecule has 3 atom stereocenters. The van der Waals surface area contributed by atoms with Crippen molar-refractivity contribution in [1.82, 2.24) is 20.8 Å². The molecular formula is C16H27N7O7. The van der Waals surface area contributed by atoms with Gasteiger partial charge in [0.2, 0.25) is 17.7 Å². The Morgan fingerprint density at radius 2 is 1.70 bits per heavy atom. The van der Waals surface area contributed by atoms with Crippen LogP contribution in [-0.4, -0.2) is 56.9 Å². The fourth-order valence-electron chi connectivity index (χ4n) is 2.45. The molecule has 0 aliphatic carbocycles. The van der Waals surface area contributed by atoms with Crippen LogP contribution in [0.25, 0.3) is 0 Å². The average molecular weight is 429 g/mol. The van der Waals surface area contributed by atoms with Gasteiger partial charge >= 0.3 is 18.0 Å². The van der Waals surface area contributed by atoms with Gasteiger partial charge in [-0.25, -0.2) is 9.59 Å². The highest BCUT2D eigenvalue weighted by Crippen LogP contribution is 2.20. The largest absolute Gasteiger partial charge is 0.481 e. The number of nitrogens with two attached hydrogens (primary N) is 3. The van der Waals surface area contributed by atoms with Gasteiger partial charge in [-0.3, -0.25) is 9.59 Å². The monoisotopic (exact) mass is 429 g/mol. The number of unbranched alkanes of at least 4 members (excludes halogenated alkanes) is 1. The number of carboxylic acids is 2. The minimum Gasteiger partial charge on any atom is -0.481 e. The molecule has 168 valence electrons. The fourth-order valence-corrected chi connectivity index (χ4v) is 2.45. The molecule has 30 heavy (non-hydrogen) atoms. The van der Waals surface area contributed by atoms with Crippen molar-refractivity contribution in [3.63, 3.8) is 0 Å². The molecule has 0 fully saturated rings. The van der Waals surface area contributed by atoms with Crippen LogP contribution in [0, 0.1) is 0 Å². The number of nitrogens with zero attached hydrogens (tertiary/aromatic N) is 2. The standard InChI is InChI=1S/C16H27N7O7/c17-6-2-1-3-8(18)13-22-23-14(30-13)10(7-11(19)24)21-16(29)20-9(15(27)28)4-5-12(25)26/h8-10H,1-7,17-18H2,(H2,19,24)(H,25,26)(H,27,28)(H2,20,21,29)/t8-,9-,10-/m0/s1. The molecule has 14 heteroatoms. The van der Waals surface area contributed by atoms with Gasteiger partial charge in [0.1, 0.15) is 12.1 Å². The molecule has 3 amide bonds. The van der Waals surface area contributed by atoms with Crippen molar-refractivity contribution in [2.75, 3.05) is 6.54 Å². The van der Waals surface area contributed by atoms with Gasteiger partial charge in [-0.2, -0.15) is 0 Å². The molecule has 0 aromatic carbocycles. The quantitative estimate of drug-likeness (QED) is 0.172. The Bertz CT molecular complexity index is 739. The van der Waals surface area contributed by atoms with E-state index in [-0.39, 0.29) is 18.2 Å². The molecule has 0 saturated heterocycles.